The van der Waals surface area contributed by atoms with Crippen LogP contribution in [0.3, 0.4) is 0 Å². The van der Waals surface area contributed by atoms with E-state index >= 15 is 0 Å². The van der Waals surface area contributed by atoms with E-state index in [1.54, 1.807) is 13.2 Å². The van der Waals surface area contributed by atoms with Gasteiger partial charge < -0.3 is 19.9 Å². The van der Waals surface area contributed by atoms with E-state index in [1.165, 1.54) is 11.8 Å². The molecule has 9 heteroatoms. The third-order valence-corrected chi connectivity index (χ3v) is 6.65. The van der Waals surface area contributed by atoms with Crippen LogP contribution in [0, 0.1) is 6.92 Å². The molecule has 0 unspecified atom stereocenters. The van der Waals surface area contributed by atoms with Gasteiger partial charge in [-0.1, -0.05) is 55.1 Å². The Hall–Kier alpha value is -3.59. The Labute approximate surface area is 216 Å². The molecule has 1 atom stereocenters. The summed E-state index contributed by atoms with van der Waals surface area (Å²) >= 11 is 1.30. The van der Waals surface area contributed by atoms with Crippen molar-refractivity contribution >= 4 is 29.3 Å². The van der Waals surface area contributed by atoms with Crippen LogP contribution in [0.15, 0.2) is 60.3 Å². The molecule has 2 amide bonds. The molecule has 2 aromatic carbocycles. The molecule has 8 nitrogen and oxygen atoms in total. The second-order valence-electron chi connectivity index (χ2n) is 8.35. The topological polar surface area (TPSA) is 98.1 Å². The highest BCUT2D eigenvalue weighted by molar-refractivity contribution is 7.99. The minimum atomic E-state index is -0.370. The number of benzene rings is 2. The highest BCUT2D eigenvalue weighted by Crippen LogP contribution is 2.24. The number of aromatic nitrogens is 3. The maximum Gasteiger partial charge on any atom is 0.234 e. The van der Waals surface area contributed by atoms with Crippen molar-refractivity contribution < 1.29 is 14.3 Å². The lowest BCUT2D eigenvalue weighted by molar-refractivity contribution is -0.121. The number of carbonyl (C=O) groups is 2. The largest absolute Gasteiger partial charge is 0.497 e. The number of amides is 2. The fourth-order valence-corrected chi connectivity index (χ4v) is 4.58. The van der Waals surface area contributed by atoms with Gasteiger partial charge in [0, 0.05) is 12.2 Å². The molecule has 1 aromatic heterocycles. The Kier molecular flexibility index (Phi) is 9.69. The lowest BCUT2D eigenvalue weighted by Gasteiger charge is -2.16. The van der Waals surface area contributed by atoms with Crippen LogP contribution < -0.4 is 15.4 Å². The van der Waals surface area contributed by atoms with Gasteiger partial charge in [-0.25, -0.2) is 0 Å². The number of hydrogen-bond donors (Lipinski definition) is 2. The first kappa shape index (κ1) is 27.0. The molecule has 0 saturated heterocycles. The SMILES string of the molecule is C=CCn1c(SCC(=O)Nc2c(C)cccc2CC)nnc1[C@@H](C)NC(=O)Cc1ccc(OC)cc1. The smallest absolute Gasteiger partial charge is 0.234 e. The zero-order valence-electron chi connectivity index (χ0n) is 21.2. The summed E-state index contributed by atoms with van der Waals surface area (Å²) in [6.45, 7) is 10.2. The number of nitrogens with one attached hydrogen (secondary N) is 2. The number of allylic oxidation sites excluding steroid dienone is 1. The van der Waals surface area contributed by atoms with Crippen LogP contribution in [0.25, 0.3) is 0 Å². The molecule has 3 aromatic rings. The van der Waals surface area contributed by atoms with E-state index in [2.05, 4.69) is 34.3 Å². The molecule has 0 radical (unpaired) electrons. The summed E-state index contributed by atoms with van der Waals surface area (Å²) in [4.78, 5) is 25.3. The van der Waals surface area contributed by atoms with Gasteiger partial charge in [0.1, 0.15) is 5.75 Å². The van der Waals surface area contributed by atoms with E-state index in [0.29, 0.717) is 17.5 Å². The summed E-state index contributed by atoms with van der Waals surface area (Å²) in [5, 5.41) is 15.2. The number of methoxy groups -OCH3 is 1. The van der Waals surface area contributed by atoms with Crippen LogP contribution in [0.1, 0.15) is 42.4 Å². The molecule has 190 valence electrons. The standard InChI is InChI=1S/C27H33N5O3S/c1-6-15-32-26(19(4)28-23(33)16-20-11-13-22(35-5)14-12-20)30-31-27(32)36-17-24(34)29-25-18(3)9-8-10-21(25)7-2/h6,8-14,19H,1,7,15-17H2,2-5H3,(H,28,33)(H,29,34)/t19-/m1/s1. The number of thioether (sulfide) groups is 1. The zero-order valence-corrected chi connectivity index (χ0v) is 22.0. The summed E-state index contributed by atoms with van der Waals surface area (Å²) in [5.74, 6) is 1.30. The monoisotopic (exact) mass is 507 g/mol. The molecular weight excluding hydrogens is 474 g/mol. The summed E-state index contributed by atoms with van der Waals surface area (Å²) in [5.41, 5.74) is 3.89. The molecule has 0 fully saturated rings. The van der Waals surface area contributed by atoms with Crippen molar-refractivity contribution in [3.63, 3.8) is 0 Å². The number of nitrogens with zero attached hydrogens (tertiary/aromatic N) is 3. The lowest BCUT2D eigenvalue weighted by atomic mass is 10.1. The highest BCUT2D eigenvalue weighted by atomic mass is 32.2. The van der Waals surface area contributed by atoms with Crippen LogP contribution in [0.2, 0.25) is 0 Å². The summed E-state index contributed by atoms with van der Waals surface area (Å²) in [6, 6.07) is 13.0. The number of para-hydroxylation sites is 1. The Balaban J connectivity index is 1.63. The van der Waals surface area contributed by atoms with Crippen molar-refractivity contribution in [1.29, 1.82) is 0 Å². The van der Waals surface area contributed by atoms with Crippen LogP contribution >= 0.6 is 11.8 Å². The predicted octanol–water partition coefficient (Wildman–Crippen LogP) is 4.49. The molecular formula is C27H33N5O3S. The van der Waals surface area contributed by atoms with Crippen molar-refractivity contribution in [3.05, 3.63) is 77.6 Å². The number of ether oxygens (including phenoxy) is 1. The van der Waals surface area contributed by atoms with Gasteiger partial charge >= 0.3 is 0 Å². The van der Waals surface area contributed by atoms with Crippen molar-refractivity contribution in [1.82, 2.24) is 20.1 Å². The van der Waals surface area contributed by atoms with Gasteiger partial charge in [0.2, 0.25) is 11.8 Å². The summed E-state index contributed by atoms with van der Waals surface area (Å²) in [7, 11) is 1.61. The Bertz CT molecular complexity index is 1210. The van der Waals surface area contributed by atoms with Gasteiger partial charge in [0.05, 0.1) is 25.3 Å². The normalized spacial score (nSPS) is 11.6. The molecule has 36 heavy (non-hydrogen) atoms. The van der Waals surface area contributed by atoms with Gasteiger partial charge in [-0.05, 0) is 49.1 Å². The van der Waals surface area contributed by atoms with Crippen molar-refractivity contribution in [3.8, 4) is 5.75 Å². The molecule has 3 rings (SSSR count). The quantitative estimate of drug-likeness (QED) is 0.277. The van der Waals surface area contributed by atoms with E-state index in [1.807, 2.05) is 60.9 Å². The number of aryl methyl sites for hydroxylation is 2. The van der Waals surface area contributed by atoms with E-state index in [9.17, 15) is 9.59 Å². The van der Waals surface area contributed by atoms with E-state index in [0.717, 1.165) is 34.5 Å². The molecule has 0 saturated carbocycles. The van der Waals surface area contributed by atoms with E-state index in [4.69, 9.17) is 4.74 Å². The van der Waals surface area contributed by atoms with Crippen molar-refractivity contribution in [2.45, 2.75) is 51.4 Å². The summed E-state index contributed by atoms with van der Waals surface area (Å²) in [6.07, 6.45) is 2.82. The third-order valence-electron chi connectivity index (χ3n) is 5.68. The van der Waals surface area contributed by atoms with Gasteiger partial charge in [-0.2, -0.15) is 0 Å². The van der Waals surface area contributed by atoms with Gasteiger partial charge in [-0.15, -0.1) is 16.8 Å². The molecule has 1 heterocycles. The number of hydrogen-bond acceptors (Lipinski definition) is 6. The van der Waals surface area contributed by atoms with Crippen molar-refractivity contribution in [2.24, 2.45) is 0 Å². The minimum absolute atomic E-state index is 0.112. The zero-order chi connectivity index (χ0) is 26.1. The number of rotatable bonds is 12. The number of anilines is 1. The third kappa shape index (κ3) is 6.97. The second kappa shape index (κ2) is 12.9. The second-order valence-corrected chi connectivity index (χ2v) is 9.30. The fraction of sp³-hybridized carbons (Fsp3) is 0.333. The average Bonchev–Trinajstić information content (AvgIpc) is 3.27. The van der Waals surface area contributed by atoms with Crippen LogP contribution in [-0.2, 0) is 29.0 Å². The van der Waals surface area contributed by atoms with E-state index in [-0.39, 0.29) is 30.0 Å². The van der Waals surface area contributed by atoms with Gasteiger partial charge in [0.25, 0.3) is 0 Å². The Morgan fingerprint density at radius 2 is 1.92 bits per heavy atom. The average molecular weight is 508 g/mol. The van der Waals surface area contributed by atoms with E-state index < -0.39 is 0 Å². The fourth-order valence-electron chi connectivity index (χ4n) is 3.82. The number of carbonyl (C=O) groups excluding carboxylic acids is 2. The van der Waals surface area contributed by atoms with Crippen LogP contribution in [0.4, 0.5) is 5.69 Å². The molecule has 2 N–H and O–H groups in total. The maximum absolute atomic E-state index is 12.7. The van der Waals surface area contributed by atoms with Gasteiger partial charge in [0.15, 0.2) is 11.0 Å². The maximum atomic E-state index is 12.7. The van der Waals surface area contributed by atoms with Gasteiger partial charge in [-0.3, -0.25) is 9.59 Å². The molecule has 0 aliphatic heterocycles. The Morgan fingerprint density at radius 3 is 2.58 bits per heavy atom. The first-order valence-corrected chi connectivity index (χ1v) is 12.8. The predicted molar refractivity (Wildman–Crippen MR) is 143 cm³/mol. The van der Waals surface area contributed by atoms with Crippen LogP contribution in [-0.4, -0.2) is 39.4 Å². The molecule has 0 bridgehead atoms. The first-order chi connectivity index (χ1) is 17.4. The summed E-state index contributed by atoms with van der Waals surface area (Å²) < 4.78 is 7.03. The molecule has 0 aliphatic rings. The van der Waals surface area contributed by atoms with Crippen molar-refractivity contribution in [2.75, 3.05) is 18.2 Å². The Morgan fingerprint density at radius 1 is 1.17 bits per heavy atom. The highest BCUT2D eigenvalue weighted by Gasteiger charge is 2.20. The first-order valence-electron chi connectivity index (χ1n) is 11.8. The molecule has 0 spiro atoms. The minimum Gasteiger partial charge on any atom is -0.497 e. The lowest BCUT2D eigenvalue weighted by Crippen LogP contribution is -2.30. The van der Waals surface area contributed by atoms with Crippen LogP contribution in [0.5, 0.6) is 5.75 Å². The molecule has 0 aliphatic carbocycles.